The van der Waals surface area contributed by atoms with Gasteiger partial charge < -0.3 is 14.8 Å². The van der Waals surface area contributed by atoms with E-state index in [0.29, 0.717) is 30.3 Å². The second-order valence-corrected chi connectivity index (χ2v) is 4.49. The zero-order chi connectivity index (χ0) is 13.9. The molecular weight excluding hydrogens is 256 g/mol. The molecule has 0 fully saturated rings. The molecule has 102 valence electrons. The standard InChI is InChI=1S/C15H14N2O3/c1-10-8-11(9-13-14(10)20-7-6-19-13)17-15(18)12-4-2-3-5-16-12/h2-5,8-9H,6-7H2,1H3,(H,17,18). The summed E-state index contributed by atoms with van der Waals surface area (Å²) in [4.78, 5) is 16.1. The lowest BCUT2D eigenvalue weighted by molar-refractivity contribution is 0.102. The number of pyridine rings is 1. The van der Waals surface area contributed by atoms with Crippen LogP contribution in [0.4, 0.5) is 5.69 Å². The number of amides is 1. The summed E-state index contributed by atoms with van der Waals surface area (Å²) in [6, 6.07) is 8.83. The lowest BCUT2D eigenvalue weighted by Crippen LogP contribution is -2.17. The highest BCUT2D eigenvalue weighted by Gasteiger charge is 2.16. The number of carbonyl (C=O) groups is 1. The van der Waals surface area contributed by atoms with Crippen LogP contribution >= 0.6 is 0 Å². The first-order valence-electron chi connectivity index (χ1n) is 6.36. The van der Waals surface area contributed by atoms with E-state index in [9.17, 15) is 4.79 Å². The fraction of sp³-hybridized carbons (Fsp3) is 0.200. The molecule has 0 spiro atoms. The third-order valence-electron chi connectivity index (χ3n) is 2.98. The SMILES string of the molecule is Cc1cc(NC(=O)c2ccccn2)cc2c1OCCO2. The monoisotopic (exact) mass is 270 g/mol. The minimum Gasteiger partial charge on any atom is -0.486 e. The zero-order valence-electron chi connectivity index (χ0n) is 11.1. The Kier molecular flexibility index (Phi) is 3.25. The summed E-state index contributed by atoms with van der Waals surface area (Å²) in [6.45, 7) is 2.99. The molecule has 0 bridgehead atoms. The van der Waals surface area contributed by atoms with E-state index >= 15 is 0 Å². The fourth-order valence-corrected chi connectivity index (χ4v) is 2.09. The van der Waals surface area contributed by atoms with E-state index in [1.807, 2.05) is 13.0 Å². The van der Waals surface area contributed by atoms with Crippen molar-refractivity contribution in [3.63, 3.8) is 0 Å². The van der Waals surface area contributed by atoms with Crippen molar-refractivity contribution < 1.29 is 14.3 Å². The fourth-order valence-electron chi connectivity index (χ4n) is 2.09. The highest BCUT2D eigenvalue weighted by atomic mass is 16.6. The maximum atomic E-state index is 12.0. The van der Waals surface area contributed by atoms with E-state index in [-0.39, 0.29) is 5.91 Å². The average molecular weight is 270 g/mol. The Bertz CT molecular complexity index is 641. The maximum Gasteiger partial charge on any atom is 0.274 e. The average Bonchev–Trinajstić information content (AvgIpc) is 2.48. The molecule has 3 rings (SSSR count). The summed E-state index contributed by atoms with van der Waals surface area (Å²) in [5, 5.41) is 2.81. The first-order valence-corrected chi connectivity index (χ1v) is 6.36. The molecular formula is C15H14N2O3. The molecule has 0 radical (unpaired) electrons. The van der Waals surface area contributed by atoms with Gasteiger partial charge in [-0.05, 0) is 30.7 Å². The Balaban J connectivity index is 1.85. The normalized spacial score (nSPS) is 12.8. The van der Waals surface area contributed by atoms with Gasteiger partial charge in [-0.1, -0.05) is 6.07 Å². The number of aromatic nitrogens is 1. The quantitative estimate of drug-likeness (QED) is 0.910. The van der Waals surface area contributed by atoms with Crippen molar-refractivity contribution in [1.29, 1.82) is 0 Å². The van der Waals surface area contributed by atoms with Crippen LogP contribution in [-0.4, -0.2) is 24.1 Å². The lowest BCUT2D eigenvalue weighted by Gasteiger charge is -2.21. The van der Waals surface area contributed by atoms with Crippen molar-refractivity contribution in [2.75, 3.05) is 18.5 Å². The van der Waals surface area contributed by atoms with Crippen LogP contribution in [0.3, 0.4) is 0 Å². The van der Waals surface area contributed by atoms with Crippen molar-refractivity contribution >= 4 is 11.6 Å². The maximum absolute atomic E-state index is 12.0. The third kappa shape index (κ3) is 2.42. The third-order valence-corrected chi connectivity index (χ3v) is 2.98. The van der Waals surface area contributed by atoms with Gasteiger partial charge in [-0.15, -0.1) is 0 Å². The van der Waals surface area contributed by atoms with Gasteiger partial charge in [-0.2, -0.15) is 0 Å². The number of aryl methyl sites for hydroxylation is 1. The van der Waals surface area contributed by atoms with Crippen LogP contribution < -0.4 is 14.8 Å². The second kappa shape index (κ2) is 5.21. The summed E-state index contributed by atoms with van der Waals surface area (Å²) in [7, 11) is 0. The largest absolute Gasteiger partial charge is 0.486 e. The molecule has 0 saturated carbocycles. The van der Waals surface area contributed by atoms with Crippen LogP contribution in [0.5, 0.6) is 11.5 Å². The molecule has 2 aromatic rings. The number of nitrogens with zero attached hydrogens (tertiary/aromatic N) is 1. The van der Waals surface area contributed by atoms with Crippen molar-refractivity contribution in [2.45, 2.75) is 6.92 Å². The molecule has 20 heavy (non-hydrogen) atoms. The van der Waals surface area contributed by atoms with E-state index in [1.165, 1.54) is 0 Å². The van der Waals surface area contributed by atoms with E-state index < -0.39 is 0 Å². The molecule has 1 aliphatic heterocycles. The summed E-state index contributed by atoms with van der Waals surface area (Å²) in [5.74, 6) is 1.15. The molecule has 2 heterocycles. The summed E-state index contributed by atoms with van der Waals surface area (Å²) < 4.78 is 11.1. The number of benzene rings is 1. The van der Waals surface area contributed by atoms with Gasteiger partial charge in [0.2, 0.25) is 0 Å². The molecule has 1 aromatic heterocycles. The van der Waals surface area contributed by atoms with Gasteiger partial charge in [-0.25, -0.2) is 0 Å². The molecule has 5 heteroatoms. The highest BCUT2D eigenvalue weighted by Crippen LogP contribution is 2.36. The van der Waals surface area contributed by atoms with Crippen LogP contribution in [0, 0.1) is 6.92 Å². The van der Waals surface area contributed by atoms with Crippen molar-refractivity contribution in [2.24, 2.45) is 0 Å². The Hall–Kier alpha value is -2.56. The van der Waals surface area contributed by atoms with Gasteiger partial charge in [-0.3, -0.25) is 9.78 Å². The molecule has 0 aliphatic carbocycles. The van der Waals surface area contributed by atoms with Gasteiger partial charge in [0, 0.05) is 18.0 Å². The number of hydrogen-bond acceptors (Lipinski definition) is 4. The number of nitrogens with one attached hydrogen (secondary N) is 1. The summed E-state index contributed by atoms with van der Waals surface area (Å²) >= 11 is 0. The van der Waals surface area contributed by atoms with E-state index in [1.54, 1.807) is 30.5 Å². The van der Waals surface area contributed by atoms with Crippen LogP contribution in [0.15, 0.2) is 36.5 Å². The molecule has 1 aromatic carbocycles. The number of carbonyl (C=O) groups excluding carboxylic acids is 1. The smallest absolute Gasteiger partial charge is 0.274 e. The predicted octanol–water partition coefficient (Wildman–Crippen LogP) is 2.41. The molecule has 0 unspecified atom stereocenters. The molecule has 1 aliphatic rings. The Morgan fingerprint density at radius 2 is 2.10 bits per heavy atom. The molecule has 0 atom stereocenters. The molecule has 5 nitrogen and oxygen atoms in total. The summed E-state index contributed by atoms with van der Waals surface area (Å²) in [6.07, 6.45) is 1.59. The van der Waals surface area contributed by atoms with Gasteiger partial charge in [0.15, 0.2) is 11.5 Å². The number of rotatable bonds is 2. The van der Waals surface area contributed by atoms with Crippen molar-refractivity contribution in [3.8, 4) is 11.5 Å². The molecule has 1 N–H and O–H groups in total. The highest BCUT2D eigenvalue weighted by molar-refractivity contribution is 6.03. The minimum absolute atomic E-state index is 0.248. The Labute approximate surface area is 116 Å². The minimum atomic E-state index is -0.248. The Morgan fingerprint density at radius 1 is 1.25 bits per heavy atom. The van der Waals surface area contributed by atoms with Crippen LogP contribution in [0.2, 0.25) is 0 Å². The van der Waals surface area contributed by atoms with E-state index in [0.717, 1.165) is 11.3 Å². The number of hydrogen-bond donors (Lipinski definition) is 1. The predicted molar refractivity (Wildman–Crippen MR) is 74.4 cm³/mol. The Morgan fingerprint density at radius 3 is 2.90 bits per heavy atom. The first kappa shape index (κ1) is 12.5. The second-order valence-electron chi connectivity index (χ2n) is 4.49. The van der Waals surface area contributed by atoms with E-state index in [4.69, 9.17) is 9.47 Å². The van der Waals surface area contributed by atoms with Gasteiger partial charge in [0.25, 0.3) is 5.91 Å². The topological polar surface area (TPSA) is 60.5 Å². The molecule has 1 amide bonds. The van der Waals surface area contributed by atoms with E-state index in [2.05, 4.69) is 10.3 Å². The van der Waals surface area contributed by atoms with Gasteiger partial charge in [0.05, 0.1) is 0 Å². The lowest BCUT2D eigenvalue weighted by atomic mass is 10.1. The summed E-state index contributed by atoms with van der Waals surface area (Å²) in [5.41, 5.74) is 1.97. The number of anilines is 1. The van der Waals surface area contributed by atoms with Crippen molar-refractivity contribution in [3.05, 3.63) is 47.8 Å². The number of ether oxygens (including phenoxy) is 2. The molecule has 0 saturated heterocycles. The first-order chi connectivity index (χ1) is 9.74. The van der Waals surface area contributed by atoms with Crippen molar-refractivity contribution in [1.82, 2.24) is 4.98 Å². The van der Waals surface area contributed by atoms with Crippen LogP contribution in [-0.2, 0) is 0 Å². The van der Waals surface area contributed by atoms with Gasteiger partial charge >= 0.3 is 0 Å². The van der Waals surface area contributed by atoms with Crippen LogP contribution in [0.25, 0.3) is 0 Å². The number of fused-ring (bicyclic) bond motifs is 1. The van der Waals surface area contributed by atoms with Crippen LogP contribution in [0.1, 0.15) is 16.1 Å². The van der Waals surface area contributed by atoms with Gasteiger partial charge in [0.1, 0.15) is 18.9 Å². The zero-order valence-corrected chi connectivity index (χ0v) is 11.1.